The number of hydrogen-bond acceptors (Lipinski definition) is 4. The summed E-state index contributed by atoms with van der Waals surface area (Å²) in [6.45, 7) is 3.58. The van der Waals surface area contributed by atoms with Gasteiger partial charge in [0, 0.05) is 12.0 Å². The van der Waals surface area contributed by atoms with E-state index < -0.39 is 11.9 Å². The van der Waals surface area contributed by atoms with Crippen LogP contribution in [0.3, 0.4) is 0 Å². The quantitative estimate of drug-likeness (QED) is 0.669. The van der Waals surface area contributed by atoms with Crippen molar-refractivity contribution < 1.29 is 24.5 Å². The third-order valence-electron chi connectivity index (χ3n) is 3.39. The zero-order chi connectivity index (χ0) is 16.9. The van der Waals surface area contributed by atoms with Crippen LogP contribution >= 0.6 is 0 Å². The monoisotopic (exact) mass is 307 g/mol. The van der Waals surface area contributed by atoms with E-state index in [4.69, 9.17) is 15.6 Å². The van der Waals surface area contributed by atoms with Crippen molar-refractivity contribution in [2.24, 2.45) is 5.73 Å². The molecule has 0 heterocycles. The van der Waals surface area contributed by atoms with E-state index >= 15 is 0 Å². The van der Waals surface area contributed by atoms with Gasteiger partial charge in [-0.15, -0.1) is 0 Å². The SMILES string of the molecule is COc1c(C)cc(C(N)=O)c(O)c1C/C=C(\C)CCC(=O)O. The van der Waals surface area contributed by atoms with Gasteiger partial charge >= 0.3 is 5.97 Å². The lowest BCUT2D eigenvalue weighted by molar-refractivity contribution is -0.136. The van der Waals surface area contributed by atoms with E-state index in [-0.39, 0.29) is 17.7 Å². The van der Waals surface area contributed by atoms with Crippen molar-refractivity contribution in [2.45, 2.75) is 33.1 Å². The van der Waals surface area contributed by atoms with Crippen molar-refractivity contribution in [3.8, 4) is 11.5 Å². The van der Waals surface area contributed by atoms with E-state index in [0.717, 1.165) is 5.57 Å². The van der Waals surface area contributed by atoms with Crippen LogP contribution in [0.15, 0.2) is 17.7 Å². The number of allylic oxidation sites excluding steroid dienone is 2. The molecule has 0 atom stereocenters. The van der Waals surface area contributed by atoms with E-state index in [1.54, 1.807) is 6.92 Å². The highest BCUT2D eigenvalue weighted by Crippen LogP contribution is 2.35. The van der Waals surface area contributed by atoms with Gasteiger partial charge in [-0.2, -0.15) is 0 Å². The molecule has 0 saturated carbocycles. The first-order valence-electron chi connectivity index (χ1n) is 6.84. The van der Waals surface area contributed by atoms with E-state index in [1.807, 2.05) is 13.0 Å². The predicted molar refractivity (Wildman–Crippen MR) is 82.2 cm³/mol. The summed E-state index contributed by atoms with van der Waals surface area (Å²) in [5.41, 5.74) is 7.35. The lowest BCUT2D eigenvalue weighted by atomic mass is 9.98. The van der Waals surface area contributed by atoms with Gasteiger partial charge < -0.3 is 20.7 Å². The number of benzene rings is 1. The number of methoxy groups -OCH3 is 1. The summed E-state index contributed by atoms with van der Waals surface area (Å²) < 4.78 is 5.29. The molecular formula is C16H21NO5. The van der Waals surface area contributed by atoms with E-state index in [9.17, 15) is 14.7 Å². The molecule has 0 saturated heterocycles. The maximum absolute atomic E-state index is 11.4. The van der Waals surface area contributed by atoms with Crippen LogP contribution in [-0.4, -0.2) is 29.2 Å². The number of ether oxygens (including phenoxy) is 1. The second-order valence-corrected chi connectivity index (χ2v) is 5.11. The number of carboxylic acid groups (broad SMARTS) is 1. The fraction of sp³-hybridized carbons (Fsp3) is 0.375. The summed E-state index contributed by atoms with van der Waals surface area (Å²) in [6.07, 6.45) is 2.60. The van der Waals surface area contributed by atoms with Crippen LogP contribution in [-0.2, 0) is 11.2 Å². The van der Waals surface area contributed by atoms with Crippen molar-refractivity contribution in [3.63, 3.8) is 0 Å². The Morgan fingerprint density at radius 1 is 1.36 bits per heavy atom. The number of amides is 1. The predicted octanol–water partition coefficient (Wildman–Crippen LogP) is 2.16. The Kier molecular flexibility index (Phi) is 5.98. The van der Waals surface area contributed by atoms with Gasteiger partial charge in [-0.1, -0.05) is 11.6 Å². The van der Waals surface area contributed by atoms with Gasteiger partial charge in [0.05, 0.1) is 12.7 Å². The van der Waals surface area contributed by atoms with Crippen LogP contribution in [0.25, 0.3) is 0 Å². The number of aliphatic carboxylic acids is 1. The zero-order valence-electron chi connectivity index (χ0n) is 13.0. The number of carbonyl (C=O) groups is 2. The third kappa shape index (κ3) is 4.25. The van der Waals surface area contributed by atoms with E-state index in [0.29, 0.717) is 29.7 Å². The molecule has 1 amide bonds. The summed E-state index contributed by atoms with van der Waals surface area (Å²) in [5.74, 6) is -1.28. The normalized spacial score (nSPS) is 11.3. The number of aryl methyl sites for hydroxylation is 1. The lowest BCUT2D eigenvalue weighted by Gasteiger charge is -2.15. The Hall–Kier alpha value is -2.50. The second kappa shape index (κ2) is 7.49. The molecule has 0 unspecified atom stereocenters. The maximum atomic E-state index is 11.4. The molecule has 1 aromatic carbocycles. The highest BCUT2D eigenvalue weighted by Gasteiger charge is 2.18. The van der Waals surface area contributed by atoms with Crippen molar-refractivity contribution in [1.29, 1.82) is 0 Å². The number of primary amides is 1. The highest BCUT2D eigenvalue weighted by atomic mass is 16.5. The number of rotatable bonds is 7. The van der Waals surface area contributed by atoms with Gasteiger partial charge in [-0.3, -0.25) is 9.59 Å². The number of phenols is 1. The Morgan fingerprint density at radius 3 is 2.50 bits per heavy atom. The molecule has 22 heavy (non-hydrogen) atoms. The smallest absolute Gasteiger partial charge is 0.303 e. The molecule has 0 aromatic heterocycles. The van der Waals surface area contributed by atoms with Crippen molar-refractivity contribution in [3.05, 3.63) is 34.4 Å². The van der Waals surface area contributed by atoms with Gasteiger partial charge in [0.1, 0.15) is 11.5 Å². The van der Waals surface area contributed by atoms with Crippen LogP contribution in [0.1, 0.15) is 41.3 Å². The zero-order valence-corrected chi connectivity index (χ0v) is 13.0. The number of carboxylic acids is 1. The molecule has 6 nitrogen and oxygen atoms in total. The standard InChI is InChI=1S/C16H21NO5/c1-9(5-7-13(18)19)4-6-11-14(20)12(16(17)21)8-10(2)15(11)22-3/h4,8,20H,5-7H2,1-3H3,(H2,17,21)(H,18,19)/b9-4+. The Morgan fingerprint density at radius 2 is 2.00 bits per heavy atom. The fourth-order valence-electron chi connectivity index (χ4n) is 2.20. The largest absolute Gasteiger partial charge is 0.507 e. The number of aromatic hydroxyl groups is 1. The minimum atomic E-state index is -0.861. The first kappa shape index (κ1) is 17.6. The number of nitrogens with two attached hydrogens (primary N) is 1. The summed E-state index contributed by atoms with van der Waals surface area (Å²) in [6, 6.07) is 1.49. The van der Waals surface area contributed by atoms with Gasteiger partial charge in [0.15, 0.2) is 0 Å². The summed E-state index contributed by atoms with van der Waals surface area (Å²) >= 11 is 0. The minimum absolute atomic E-state index is 0.0462. The molecule has 4 N–H and O–H groups in total. The van der Waals surface area contributed by atoms with Crippen LogP contribution < -0.4 is 10.5 Å². The van der Waals surface area contributed by atoms with Gasteiger partial charge in [0.25, 0.3) is 5.91 Å². The average molecular weight is 307 g/mol. The summed E-state index contributed by atoms with van der Waals surface area (Å²) in [7, 11) is 1.48. The van der Waals surface area contributed by atoms with Crippen molar-refractivity contribution in [2.75, 3.05) is 7.11 Å². The molecule has 0 radical (unpaired) electrons. The molecule has 6 heteroatoms. The Balaban J connectivity index is 3.14. The fourth-order valence-corrected chi connectivity index (χ4v) is 2.20. The highest BCUT2D eigenvalue weighted by molar-refractivity contribution is 5.96. The molecular weight excluding hydrogens is 286 g/mol. The van der Waals surface area contributed by atoms with Gasteiger partial charge in [0.2, 0.25) is 0 Å². The number of hydrogen-bond donors (Lipinski definition) is 3. The molecule has 0 aliphatic heterocycles. The van der Waals surface area contributed by atoms with E-state index in [1.165, 1.54) is 13.2 Å². The first-order valence-corrected chi connectivity index (χ1v) is 6.84. The molecule has 120 valence electrons. The van der Waals surface area contributed by atoms with Gasteiger partial charge in [-0.05, 0) is 38.3 Å². The van der Waals surface area contributed by atoms with Crippen LogP contribution in [0.4, 0.5) is 0 Å². The van der Waals surface area contributed by atoms with Crippen LogP contribution in [0.5, 0.6) is 11.5 Å². The Bertz CT molecular complexity index is 619. The second-order valence-electron chi connectivity index (χ2n) is 5.11. The molecule has 0 aliphatic carbocycles. The number of carbonyl (C=O) groups excluding carboxylic acids is 1. The van der Waals surface area contributed by atoms with Crippen LogP contribution in [0.2, 0.25) is 0 Å². The molecule has 1 rings (SSSR count). The molecule has 1 aromatic rings. The lowest BCUT2D eigenvalue weighted by Crippen LogP contribution is -2.13. The van der Waals surface area contributed by atoms with Gasteiger partial charge in [-0.25, -0.2) is 0 Å². The minimum Gasteiger partial charge on any atom is -0.507 e. The molecule has 0 bridgehead atoms. The summed E-state index contributed by atoms with van der Waals surface area (Å²) in [5, 5.41) is 18.9. The average Bonchev–Trinajstić information content (AvgIpc) is 2.44. The van der Waals surface area contributed by atoms with Crippen LogP contribution in [0, 0.1) is 6.92 Å². The Labute approximate surface area is 129 Å². The van der Waals surface area contributed by atoms with Crippen molar-refractivity contribution in [1.82, 2.24) is 0 Å². The maximum Gasteiger partial charge on any atom is 0.303 e. The first-order chi connectivity index (χ1) is 10.3. The third-order valence-corrected chi connectivity index (χ3v) is 3.39. The molecule has 0 spiro atoms. The van der Waals surface area contributed by atoms with Crippen molar-refractivity contribution >= 4 is 11.9 Å². The molecule has 0 aliphatic rings. The molecule has 0 fully saturated rings. The van der Waals surface area contributed by atoms with E-state index in [2.05, 4.69) is 0 Å². The topological polar surface area (TPSA) is 110 Å². The summed E-state index contributed by atoms with van der Waals surface area (Å²) in [4.78, 5) is 21.9.